The maximum absolute atomic E-state index is 10.5. The van der Waals surface area contributed by atoms with E-state index in [1.165, 1.54) is 0 Å². The molecule has 20 heavy (non-hydrogen) atoms. The van der Waals surface area contributed by atoms with Crippen LogP contribution >= 0.6 is 11.6 Å². The van der Waals surface area contributed by atoms with Gasteiger partial charge < -0.3 is 9.15 Å². The van der Waals surface area contributed by atoms with Gasteiger partial charge in [0.25, 0.3) is 0 Å². The van der Waals surface area contributed by atoms with E-state index in [2.05, 4.69) is 4.98 Å². The van der Waals surface area contributed by atoms with Gasteiger partial charge in [-0.1, -0.05) is 11.6 Å². The van der Waals surface area contributed by atoms with E-state index in [0.29, 0.717) is 28.3 Å². The Bertz CT molecular complexity index is 767. The first kappa shape index (κ1) is 12.7. The van der Waals surface area contributed by atoms with E-state index in [4.69, 9.17) is 20.8 Å². The molecule has 1 aromatic carbocycles. The molecule has 0 atom stereocenters. The van der Waals surface area contributed by atoms with Gasteiger partial charge >= 0.3 is 0 Å². The summed E-state index contributed by atoms with van der Waals surface area (Å²) in [6.45, 7) is 0.223. The maximum atomic E-state index is 10.5. The summed E-state index contributed by atoms with van der Waals surface area (Å²) in [5.74, 6) is 1.47. The molecule has 0 saturated carbocycles. The van der Waals surface area contributed by atoms with Gasteiger partial charge in [0.1, 0.15) is 23.6 Å². The molecule has 0 unspecified atom stereocenters. The Morgan fingerprint density at radius 1 is 1.25 bits per heavy atom. The van der Waals surface area contributed by atoms with E-state index in [0.717, 1.165) is 5.39 Å². The number of rotatable bonds is 4. The largest absolute Gasteiger partial charge is 0.483 e. The lowest BCUT2D eigenvalue weighted by Gasteiger charge is -2.08. The summed E-state index contributed by atoms with van der Waals surface area (Å²) in [5, 5.41) is 1.46. The average molecular weight is 288 g/mol. The van der Waals surface area contributed by atoms with Gasteiger partial charge in [-0.05, 0) is 36.4 Å². The summed E-state index contributed by atoms with van der Waals surface area (Å²) in [6, 6.07) is 10.5. The first-order valence-electron chi connectivity index (χ1n) is 5.98. The zero-order valence-electron chi connectivity index (χ0n) is 10.4. The minimum Gasteiger partial charge on any atom is -0.483 e. The third-order valence-corrected chi connectivity index (χ3v) is 3.18. The molecule has 0 spiro atoms. The Morgan fingerprint density at radius 3 is 2.95 bits per heavy atom. The predicted molar refractivity (Wildman–Crippen MR) is 75.2 cm³/mol. The summed E-state index contributed by atoms with van der Waals surface area (Å²) >= 11 is 6.12. The molecule has 100 valence electrons. The predicted octanol–water partition coefficient (Wildman–Crippen LogP) is 3.87. The topological polar surface area (TPSA) is 52.3 Å². The third-order valence-electron chi connectivity index (χ3n) is 2.85. The van der Waals surface area contributed by atoms with Crippen LogP contribution in [0, 0.1) is 0 Å². The van der Waals surface area contributed by atoms with Crippen molar-refractivity contribution in [1.82, 2.24) is 4.98 Å². The van der Waals surface area contributed by atoms with Crippen LogP contribution in [0.25, 0.3) is 10.9 Å². The quantitative estimate of drug-likeness (QED) is 0.684. The molecule has 0 N–H and O–H groups in total. The summed E-state index contributed by atoms with van der Waals surface area (Å²) in [6.07, 6.45) is 2.34. The van der Waals surface area contributed by atoms with Gasteiger partial charge in [-0.2, -0.15) is 0 Å². The van der Waals surface area contributed by atoms with Crippen LogP contribution in [-0.2, 0) is 6.61 Å². The molecule has 0 aliphatic heterocycles. The molecule has 0 amide bonds. The molecule has 2 aromatic heterocycles. The lowest BCUT2D eigenvalue weighted by molar-refractivity contribution is 0.109. The number of aldehydes is 1. The van der Waals surface area contributed by atoms with E-state index < -0.39 is 0 Å². The fraction of sp³-hybridized carbons (Fsp3) is 0.0667. The normalized spacial score (nSPS) is 10.7. The molecule has 0 saturated heterocycles. The Morgan fingerprint density at radius 2 is 2.15 bits per heavy atom. The number of fused-ring (bicyclic) bond motifs is 1. The van der Waals surface area contributed by atoms with Crippen LogP contribution < -0.4 is 4.74 Å². The van der Waals surface area contributed by atoms with E-state index in [1.54, 1.807) is 30.5 Å². The number of aromatic nitrogens is 1. The van der Waals surface area contributed by atoms with E-state index in [9.17, 15) is 4.79 Å². The third kappa shape index (κ3) is 2.38. The van der Waals surface area contributed by atoms with E-state index in [1.807, 2.05) is 12.1 Å². The molecule has 4 nitrogen and oxygen atoms in total. The van der Waals surface area contributed by atoms with Gasteiger partial charge in [-0.15, -0.1) is 0 Å². The zero-order valence-corrected chi connectivity index (χ0v) is 11.1. The molecule has 0 fully saturated rings. The van der Waals surface area contributed by atoms with Crippen LogP contribution in [0.4, 0.5) is 0 Å². The van der Waals surface area contributed by atoms with Crippen molar-refractivity contribution in [1.29, 1.82) is 0 Å². The SMILES string of the molecule is O=Cc1ccc(COc2ccc(Cl)c3cccnc23)o1. The van der Waals surface area contributed by atoms with Crippen molar-refractivity contribution in [3.63, 3.8) is 0 Å². The Labute approximate surface area is 119 Å². The second-order valence-electron chi connectivity index (χ2n) is 4.16. The van der Waals surface area contributed by atoms with Gasteiger partial charge in [-0.3, -0.25) is 9.78 Å². The minimum atomic E-state index is 0.223. The highest BCUT2D eigenvalue weighted by Gasteiger charge is 2.08. The first-order valence-corrected chi connectivity index (χ1v) is 6.35. The summed E-state index contributed by atoms with van der Waals surface area (Å²) in [7, 11) is 0. The molecular weight excluding hydrogens is 278 g/mol. The van der Waals surface area contributed by atoms with Gasteiger partial charge in [0.05, 0.1) is 5.02 Å². The number of nitrogens with zero attached hydrogens (tertiary/aromatic N) is 1. The number of halogens is 1. The van der Waals surface area contributed by atoms with Crippen LogP contribution in [0.2, 0.25) is 5.02 Å². The van der Waals surface area contributed by atoms with Crippen LogP contribution in [-0.4, -0.2) is 11.3 Å². The molecule has 3 rings (SSSR count). The van der Waals surface area contributed by atoms with Gasteiger partial charge in [0.2, 0.25) is 0 Å². The minimum absolute atomic E-state index is 0.223. The Hall–Kier alpha value is -2.33. The number of furan rings is 1. The molecule has 0 aliphatic rings. The molecule has 2 heterocycles. The number of pyridine rings is 1. The number of carbonyl (C=O) groups is 1. The number of hydrogen-bond acceptors (Lipinski definition) is 4. The van der Waals surface area contributed by atoms with Crippen LogP contribution in [0.15, 0.2) is 47.0 Å². The standard InChI is InChI=1S/C15H10ClNO3/c16-13-5-6-14(15-12(13)2-1-7-17-15)19-9-11-4-3-10(8-18)20-11/h1-8H,9H2. The lowest BCUT2D eigenvalue weighted by atomic mass is 10.2. The average Bonchev–Trinajstić information content (AvgIpc) is 2.95. The summed E-state index contributed by atoms with van der Waals surface area (Å²) in [5.41, 5.74) is 0.696. The van der Waals surface area contributed by atoms with Crippen molar-refractivity contribution in [2.45, 2.75) is 6.61 Å². The molecular formula is C15H10ClNO3. The highest BCUT2D eigenvalue weighted by atomic mass is 35.5. The van der Waals surface area contributed by atoms with Crippen molar-refractivity contribution in [2.24, 2.45) is 0 Å². The number of hydrogen-bond donors (Lipinski definition) is 0. The number of carbonyl (C=O) groups excluding carboxylic acids is 1. The smallest absolute Gasteiger partial charge is 0.185 e. The molecule has 5 heteroatoms. The summed E-state index contributed by atoms with van der Waals surface area (Å²) < 4.78 is 10.9. The van der Waals surface area contributed by atoms with Gasteiger partial charge in [-0.25, -0.2) is 0 Å². The molecule has 0 aliphatic carbocycles. The Balaban J connectivity index is 1.87. The molecule has 3 aromatic rings. The lowest BCUT2D eigenvalue weighted by Crippen LogP contribution is -1.95. The summed E-state index contributed by atoms with van der Waals surface area (Å²) in [4.78, 5) is 14.8. The second-order valence-corrected chi connectivity index (χ2v) is 4.56. The van der Waals surface area contributed by atoms with Crippen molar-refractivity contribution in [3.05, 3.63) is 59.1 Å². The highest BCUT2D eigenvalue weighted by Crippen LogP contribution is 2.30. The number of benzene rings is 1. The molecule has 0 radical (unpaired) electrons. The van der Waals surface area contributed by atoms with Crippen molar-refractivity contribution < 1.29 is 13.9 Å². The molecule has 0 bridgehead atoms. The van der Waals surface area contributed by atoms with Crippen LogP contribution in [0.3, 0.4) is 0 Å². The monoisotopic (exact) mass is 287 g/mol. The van der Waals surface area contributed by atoms with Gasteiger partial charge in [0.15, 0.2) is 12.0 Å². The van der Waals surface area contributed by atoms with Crippen LogP contribution in [0.1, 0.15) is 16.3 Å². The van der Waals surface area contributed by atoms with Crippen molar-refractivity contribution in [2.75, 3.05) is 0 Å². The fourth-order valence-electron chi connectivity index (χ4n) is 1.91. The van der Waals surface area contributed by atoms with Crippen LogP contribution in [0.5, 0.6) is 5.75 Å². The van der Waals surface area contributed by atoms with Crippen molar-refractivity contribution in [3.8, 4) is 5.75 Å². The van der Waals surface area contributed by atoms with Crippen molar-refractivity contribution >= 4 is 28.8 Å². The van der Waals surface area contributed by atoms with E-state index in [-0.39, 0.29) is 12.4 Å². The number of ether oxygens (including phenoxy) is 1. The Kier molecular flexibility index (Phi) is 3.39. The maximum Gasteiger partial charge on any atom is 0.185 e. The zero-order chi connectivity index (χ0) is 13.9. The van der Waals surface area contributed by atoms with Gasteiger partial charge in [0, 0.05) is 11.6 Å². The highest BCUT2D eigenvalue weighted by molar-refractivity contribution is 6.35. The first-order chi connectivity index (χ1) is 9.78. The fourth-order valence-corrected chi connectivity index (χ4v) is 2.13. The second kappa shape index (κ2) is 5.35. The van der Waals surface area contributed by atoms with E-state index >= 15 is 0 Å².